The molecule has 1 saturated carbocycles. The first-order valence-corrected chi connectivity index (χ1v) is 7.28. The Bertz CT molecular complexity index is 606. The van der Waals surface area contributed by atoms with E-state index in [1.165, 1.54) is 12.1 Å². The van der Waals surface area contributed by atoms with Crippen molar-refractivity contribution < 1.29 is 17.0 Å². The van der Waals surface area contributed by atoms with Crippen LogP contribution in [-0.2, 0) is 14.3 Å². The van der Waals surface area contributed by atoms with Gasteiger partial charge in [0.25, 0.3) is 10.1 Å². The molecule has 4 nitrogen and oxygen atoms in total. The Hall–Kier alpha value is -1.45. The molecule has 2 unspecified atom stereocenters. The molecule has 0 amide bonds. The van der Waals surface area contributed by atoms with Crippen molar-refractivity contribution >= 4 is 10.1 Å². The van der Waals surface area contributed by atoms with Crippen LogP contribution in [0.5, 0.6) is 0 Å². The summed E-state index contributed by atoms with van der Waals surface area (Å²) in [5, 5.41) is 8.61. The van der Waals surface area contributed by atoms with Crippen LogP contribution in [0.4, 0.5) is 4.39 Å². The maximum atomic E-state index is 13.2. The monoisotopic (exact) mass is 283 g/mol. The minimum atomic E-state index is -3.89. The maximum Gasteiger partial charge on any atom is 0.296 e. The maximum absolute atomic E-state index is 13.2. The molecule has 0 saturated heterocycles. The molecule has 2 rings (SSSR count). The highest BCUT2D eigenvalue weighted by Gasteiger charge is 2.56. The summed E-state index contributed by atoms with van der Waals surface area (Å²) in [6.45, 7) is 1.56. The number of alkyl halides is 1. The Kier molecular flexibility index (Phi) is 3.61. The van der Waals surface area contributed by atoms with E-state index in [2.05, 4.69) is 0 Å². The van der Waals surface area contributed by atoms with Crippen LogP contribution in [-0.4, -0.2) is 21.2 Å². The number of hydrogen-bond acceptors (Lipinski definition) is 4. The highest BCUT2D eigenvalue weighted by molar-refractivity contribution is 7.86. The summed E-state index contributed by atoms with van der Waals surface area (Å²) in [5.74, 6) is 0. The van der Waals surface area contributed by atoms with Crippen LogP contribution < -0.4 is 0 Å². The van der Waals surface area contributed by atoms with Crippen molar-refractivity contribution in [3.8, 4) is 6.07 Å². The topological polar surface area (TPSA) is 67.2 Å². The quantitative estimate of drug-likeness (QED) is 0.778. The number of rotatable bonds is 5. The van der Waals surface area contributed by atoms with Crippen molar-refractivity contribution in [1.29, 1.82) is 5.26 Å². The predicted molar refractivity (Wildman–Crippen MR) is 66.5 cm³/mol. The molecule has 2 atom stereocenters. The van der Waals surface area contributed by atoms with Crippen molar-refractivity contribution in [3.63, 3.8) is 0 Å². The van der Waals surface area contributed by atoms with E-state index >= 15 is 0 Å². The molecular formula is C13H14FNO3S. The van der Waals surface area contributed by atoms with Crippen molar-refractivity contribution in [1.82, 2.24) is 0 Å². The molecule has 1 aromatic carbocycles. The molecule has 0 heterocycles. The number of nitriles is 1. The van der Waals surface area contributed by atoms with Crippen molar-refractivity contribution in [2.45, 2.75) is 30.8 Å². The average molecular weight is 283 g/mol. The van der Waals surface area contributed by atoms with Crippen LogP contribution >= 0.6 is 0 Å². The zero-order valence-electron chi connectivity index (χ0n) is 10.5. The second kappa shape index (κ2) is 4.91. The molecule has 0 spiro atoms. The van der Waals surface area contributed by atoms with Gasteiger partial charge in [0.05, 0.1) is 17.6 Å². The van der Waals surface area contributed by atoms with Gasteiger partial charge in [0, 0.05) is 11.8 Å². The molecule has 19 heavy (non-hydrogen) atoms. The van der Waals surface area contributed by atoms with E-state index < -0.39 is 21.7 Å². The van der Waals surface area contributed by atoms with Crippen LogP contribution in [0.25, 0.3) is 0 Å². The van der Waals surface area contributed by atoms with Crippen LogP contribution in [0.15, 0.2) is 29.2 Å². The Balaban J connectivity index is 2.07. The summed E-state index contributed by atoms with van der Waals surface area (Å²) in [5.41, 5.74) is -0.00195. The van der Waals surface area contributed by atoms with Gasteiger partial charge in [-0.3, -0.25) is 4.18 Å². The fourth-order valence-electron chi connectivity index (χ4n) is 1.81. The summed E-state index contributed by atoms with van der Waals surface area (Å²) >= 11 is 0. The number of aryl methyl sites for hydroxylation is 1. The molecule has 0 aliphatic heterocycles. The molecule has 1 aliphatic rings. The van der Waals surface area contributed by atoms with Gasteiger partial charge in [-0.25, -0.2) is 4.39 Å². The van der Waals surface area contributed by atoms with E-state index in [-0.39, 0.29) is 24.3 Å². The zero-order chi connectivity index (χ0) is 14.1. The average Bonchev–Trinajstić information content (AvgIpc) is 2.99. The molecule has 1 fully saturated rings. The fourth-order valence-corrected chi connectivity index (χ4v) is 2.80. The molecule has 1 aliphatic carbocycles. The van der Waals surface area contributed by atoms with E-state index in [0.717, 1.165) is 5.56 Å². The van der Waals surface area contributed by atoms with Gasteiger partial charge in [-0.2, -0.15) is 13.7 Å². The normalized spacial score (nSPS) is 25.8. The summed E-state index contributed by atoms with van der Waals surface area (Å²) in [7, 11) is -3.89. The molecule has 0 aromatic heterocycles. The fraction of sp³-hybridized carbons (Fsp3) is 0.462. The lowest BCUT2D eigenvalue weighted by molar-refractivity contribution is 0.213. The van der Waals surface area contributed by atoms with E-state index in [0.29, 0.717) is 0 Å². The van der Waals surface area contributed by atoms with E-state index in [1.807, 2.05) is 13.0 Å². The minimum Gasteiger partial charge on any atom is -0.266 e. The number of benzene rings is 1. The summed E-state index contributed by atoms with van der Waals surface area (Å²) in [6, 6.07) is 8.09. The third-order valence-electron chi connectivity index (χ3n) is 3.33. The molecule has 6 heteroatoms. The van der Waals surface area contributed by atoms with Gasteiger partial charge in [-0.05, 0) is 25.5 Å². The highest BCUT2D eigenvalue weighted by Crippen LogP contribution is 2.51. The summed E-state index contributed by atoms with van der Waals surface area (Å²) in [6.07, 6.45) is -0.998. The first-order chi connectivity index (χ1) is 8.89. The van der Waals surface area contributed by atoms with Gasteiger partial charge in [-0.1, -0.05) is 17.7 Å². The van der Waals surface area contributed by atoms with Gasteiger partial charge in [0.15, 0.2) is 0 Å². The van der Waals surface area contributed by atoms with Gasteiger partial charge < -0.3 is 0 Å². The second-order valence-corrected chi connectivity index (χ2v) is 6.51. The van der Waals surface area contributed by atoms with Gasteiger partial charge in [-0.15, -0.1) is 0 Å². The largest absolute Gasteiger partial charge is 0.296 e. The highest BCUT2D eigenvalue weighted by atomic mass is 32.2. The van der Waals surface area contributed by atoms with Gasteiger partial charge >= 0.3 is 0 Å². The van der Waals surface area contributed by atoms with Crippen LogP contribution in [0, 0.1) is 23.7 Å². The molecule has 0 radical (unpaired) electrons. The third-order valence-corrected chi connectivity index (χ3v) is 4.61. The lowest BCUT2D eigenvalue weighted by Gasteiger charge is -2.11. The smallest absolute Gasteiger partial charge is 0.266 e. The number of hydrogen-bond donors (Lipinski definition) is 0. The Labute approximate surface area is 111 Å². The Morgan fingerprint density at radius 1 is 1.47 bits per heavy atom. The van der Waals surface area contributed by atoms with Gasteiger partial charge in [0.1, 0.15) is 6.17 Å². The van der Waals surface area contributed by atoms with Crippen LogP contribution in [0.1, 0.15) is 18.4 Å². The van der Waals surface area contributed by atoms with Gasteiger partial charge in [0.2, 0.25) is 0 Å². The molecular weight excluding hydrogens is 269 g/mol. The van der Waals surface area contributed by atoms with E-state index in [4.69, 9.17) is 9.44 Å². The molecule has 0 N–H and O–H groups in total. The first kappa shape index (κ1) is 14.0. The van der Waals surface area contributed by atoms with E-state index in [9.17, 15) is 12.8 Å². The molecule has 1 aromatic rings. The van der Waals surface area contributed by atoms with Crippen molar-refractivity contribution in [2.24, 2.45) is 5.41 Å². The molecule has 0 bridgehead atoms. The lowest BCUT2D eigenvalue weighted by Crippen LogP contribution is -2.17. The standard InChI is InChI=1S/C13H14FNO3S/c1-10-2-4-11(5-3-10)19(16,17)18-9-13(6-7-15)8-12(13)14/h2-5,12H,6,8-9H2,1H3. The summed E-state index contributed by atoms with van der Waals surface area (Å²) < 4.78 is 41.9. The number of halogens is 1. The summed E-state index contributed by atoms with van der Waals surface area (Å²) in [4.78, 5) is 0.0428. The van der Waals surface area contributed by atoms with Crippen LogP contribution in [0.3, 0.4) is 0 Å². The Morgan fingerprint density at radius 3 is 2.53 bits per heavy atom. The zero-order valence-corrected chi connectivity index (χ0v) is 11.3. The van der Waals surface area contributed by atoms with Crippen LogP contribution in [0.2, 0.25) is 0 Å². The van der Waals surface area contributed by atoms with E-state index in [1.54, 1.807) is 12.1 Å². The second-order valence-electron chi connectivity index (χ2n) is 4.90. The lowest BCUT2D eigenvalue weighted by atomic mass is 10.1. The minimum absolute atomic E-state index is 0.0302. The Morgan fingerprint density at radius 2 is 2.05 bits per heavy atom. The molecule has 102 valence electrons. The SMILES string of the molecule is Cc1ccc(S(=O)(=O)OCC2(CC#N)CC2F)cc1. The third kappa shape index (κ3) is 2.94. The van der Waals surface area contributed by atoms with Crippen molar-refractivity contribution in [3.05, 3.63) is 29.8 Å². The van der Waals surface area contributed by atoms with Crippen molar-refractivity contribution in [2.75, 3.05) is 6.61 Å². The first-order valence-electron chi connectivity index (χ1n) is 5.87. The number of nitrogens with zero attached hydrogens (tertiary/aromatic N) is 1. The predicted octanol–water partition coefficient (Wildman–Crippen LogP) is 2.34.